The second kappa shape index (κ2) is 6.13. The average Bonchev–Trinajstić information content (AvgIpc) is 2.96. The van der Waals surface area contributed by atoms with Crippen molar-refractivity contribution < 1.29 is 18.3 Å². The Morgan fingerprint density at radius 1 is 1.38 bits per heavy atom. The van der Waals surface area contributed by atoms with Crippen molar-refractivity contribution in [3.05, 3.63) is 17.0 Å². The summed E-state index contributed by atoms with van der Waals surface area (Å²) in [6.45, 7) is -0.107. The summed E-state index contributed by atoms with van der Waals surface area (Å²) in [5, 5.41) is 18.2. The molecule has 114 valence electrons. The summed E-state index contributed by atoms with van der Waals surface area (Å²) in [5.41, 5.74) is -1.01. The van der Waals surface area contributed by atoms with Gasteiger partial charge in [-0.15, -0.1) is 11.3 Å². The molecule has 0 amide bonds. The first kappa shape index (κ1) is 15.9. The van der Waals surface area contributed by atoms with Crippen molar-refractivity contribution in [3.8, 4) is 6.07 Å². The lowest BCUT2D eigenvalue weighted by atomic mass is 9.74. The number of carbonyl (C=O) groups is 1. The third-order valence-electron chi connectivity index (χ3n) is 3.82. The molecule has 1 aliphatic rings. The van der Waals surface area contributed by atoms with Gasteiger partial charge in [-0.25, -0.2) is 13.1 Å². The Balaban J connectivity index is 2.13. The SMILES string of the molecule is N#Cc1ccc(S(=O)(=O)NCC2(C(=O)O)CCCCC2)s1. The Bertz CT molecular complexity index is 667. The van der Waals surface area contributed by atoms with Crippen LogP contribution < -0.4 is 4.72 Å². The molecule has 21 heavy (non-hydrogen) atoms. The van der Waals surface area contributed by atoms with Crippen LogP contribution in [0.1, 0.15) is 37.0 Å². The number of hydrogen-bond donors (Lipinski definition) is 2. The summed E-state index contributed by atoms with van der Waals surface area (Å²) in [7, 11) is -3.77. The molecule has 0 aromatic carbocycles. The summed E-state index contributed by atoms with van der Waals surface area (Å²) >= 11 is 0.875. The highest BCUT2D eigenvalue weighted by atomic mass is 32.2. The van der Waals surface area contributed by atoms with Gasteiger partial charge in [0.1, 0.15) is 15.2 Å². The fourth-order valence-corrected chi connectivity index (χ4v) is 4.80. The van der Waals surface area contributed by atoms with E-state index in [1.807, 2.05) is 6.07 Å². The lowest BCUT2D eigenvalue weighted by molar-refractivity contribution is -0.150. The number of nitriles is 1. The van der Waals surface area contributed by atoms with Crippen LogP contribution in [0, 0.1) is 16.7 Å². The molecule has 0 radical (unpaired) electrons. The molecule has 1 fully saturated rings. The molecular weight excluding hydrogens is 312 g/mol. The van der Waals surface area contributed by atoms with Crippen molar-refractivity contribution in [2.75, 3.05) is 6.54 Å². The minimum atomic E-state index is -3.77. The van der Waals surface area contributed by atoms with Crippen LogP contribution >= 0.6 is 11.3 Å². The molecule has 0 saturated heterocycles. The minimum Gasteiger partial charge on any atom is -0.481 e. The molecule has 0 aliphatic heterocycles. The maximum Gasteiger partial charge on any atom is 0.310 e. The maximum absolute atomic E-state index is 12.2. The van der Waals surface area contributed by atoms with Gasteiger partial charge in [0.2, 0.25) is 10.0 Å². The lowest BCUT2D eigenvalue weighted by Gasteiger charge is -2.33. The van der Waals surface area contributed by atoms with E-state index in [2.05, 4.69) is 4.72 Å². The summed E-state index contributed by atoms with van der Waals surface area (Å²) in [6, 6.07) is 4.68. The average molecular weight is 328 g/mol. The van der Waals surface area contributed by atoms with Crippen LogP contribution in [0.2, 0.25) is 0 Å². The predicted molar refractivity (Wildman–Crippen MR) is 77.4 cm³/mol. The molecule has 1 saturated carbocycles. The molecule has 1 aliphatic carbocycles. The molecule has 0 spiro atoms. The van der Waals surface area contributed by atoms with Crippen molar-refractivity contribution in [1.82, 2.24) is 4.72 Å². The van der Waals surface area contributed by atoms with E-state index in [9.17, 15) is 18.3 Å². The number of carboxylic acid groups (broad SMARTS) is 1. The Kier molecular flexibility index (Phi) is 4.66. The molecule has 0 atom stereocenters. The summed E-state index contributed by atoms with van der Waals surface area (Å²) < 4.78 is 26.8. The van der Waals surface area contributed by atoms with Crippen LogP contribution in [-0.4, -0.2) is 26.0 Å². The molecule has 6 nitrogen and oxygen atoms in total. The number of thiophene rings is 1. The standard InChI is InChI=1S/C13H16N2O4S2/c14-8-10-4-5-11(20-10)21(18,19)15-9-13(12(16)17)6-2-1-3-7-13/h4-5,15H,1-3,6-7,9H2,(H,16,17). The Morgan fingerprint density at radius 2 is 2.05 bits per heavy atom. The van der Waals surface area contributed by atoms with Crippen LogP contribution in [0.25, 0.3) is 0 Å². The monoisotopic (exact) mass is 328 g/mol. The molecule has 0 unspecified atom stereocenters. The van der Waals surface area contributed by atoms with Crippen LogP contribution in [-0.2, 0) is 14.8 Å². The van der Waals surface area contributed by atoms with Crippen LogP contribution in [0.15, 0.2) is 16.3 Å². The van der Waals surface area contributed by atoms with Gasteiger partial charge in [0.05, 0.1) is 5.41 Å². The van der Waals surface area contributed by atoms with E-state index in [1.54, 1.807) is 0 Å². The zero-order valence-electron chi connectivity index (χ0n) is 11.3. The summed E-state index contributed by atoms with van der Waals surface area (Å²) in [5.74, 6) is -0.950. The second-order valence-corrected chi connectivity index (χ2v) is 8.28. The number of nitrogens with zero attached hydrogens (tertiary/aromatic N) is 1. The molecule has 0 bridgehead atoms. The fraction of sp³-hybridized carbons (Fsp3) is 0.538. The highest BCUT2D eigenvalue weighted by Gasteiger charge is 2.40. The number of aliphatic carboxylic acids is 1. The topological polar surface area (TPSA) is 107 Å². The number of nitrogens with one attached hydrogen (secondary N) is 1. The van der Waals surface area contributed by atoms with E-state index in [4.69, 9.17) is 5.26 Å². The van der Waals surface area contributed by atoms with Gasteiger partial charge in [0.15, 0.2) is 0 Å². The van der Waals surface area contributed by atoms with Crippen molar-refractivity contribution in [2.45, 2.75) is 36.3 Å². The largest absolute Gasteiger partial charge is 0.481 e. The fourth-order valence-electron chi connectivity index (χ4n) is 2.52. The Morgan fingerprint density at radius 3 is 2.57 bits per heavy atom. The first-order valence-corrected chi connectivity index (χ1v) is 8.93. The minimum absolute atomic E-state index is 0.0374. The van der Waals surface area contributed by atoms with Crippen molar-refractivity contribution in [3.63, 3.8) is 0 Å². The molecule has 2 rings (SSSR count). The highest BCUT2D eigenvalue weighted by molar-refractivity contribution is 7.91. The molecule has 8 heteroatoms. The van der Waals surface area contributed by atoms with E-state index in [-0.39, 0.29) is 10.8 Å². The third kappa shape index (κ3) is 3.43. The van der Waals surface area contributed by atoms with Crippen LogP contribution in [0.4, 0.5) is 0 Å². The number of sulfonamides is 1. The highest BCUT2D eigenvalue weighted by Crippen LogP contribution is 2.36. The van der Waals surface area contributed by atoms with Gasteiger partial charge < -0.3 is 5.11 Å². The van der Waals surface area contributed by atoms with E-state index in [0.29, 0.717) is 17.7 Å². The van der Waals surface area contributed by atoms with E-state index >= 15 is 0 Å². The summed E-state index contributed by atoms with van der Waals surface area (Å²) in [6.07, 6.45) is 3.55. The zero-order chi connectivity index (χ0) is 15.5. The smallest absolute Gasteiger partial charge is 0.310 e. The first-order valence-electron chi connectivity index (χ1n) is 6.63. The van der Waals surface area contributed by atoms with Gasteiger partial charge in [-0.1, -0.05) is 19.3 Å². The quantitative estimate of drug-likeness (QED) is 0.859. The van der Waals surface area contributed by atoms with Gasteiger partial charge >= 0.3 is 5.97 Å². The van der Waals surface area contributed by atoms with E-state index < -0.39 is 21.4 Å². The van der Waals surface area contributed by atoms with Gasteiger partial charge in [-0.05, 0) is 25.0 Å². The third-order valence-corrected chi connectivity index (χ3v) is 6.70. The van der Waals surface area contributed by atoms with Crippen molar-refractivity contribution >= 4 is 27.3 Å². The number of hydrogen-bond acceptors (Lipinski definition) is 5. The van der Waals surface area contributed by atoms with Gasteiger partial charge in [-0.3, -0.25) is 4.79 Å². The summed E-state index contributed by atoms with van der Waals surface area (Å²) in [4.78, 5) is 11.8. The van der Waals surface area contributed by atoms with Gasteiger partial charge in [0.25, 0.3) is 0 Å². The van der Waals surface area contributed by atoms with Gasteiger partial charge in [0, 0.05) is 6.54 Å². The predicted octanol–water partition coefficient (Wildman–Crippen LogP) is 1.93. The maximum atomic E-state index is 12.2. The zero-order valence-corrected chi connectivity index (χ0v) is 13.0. The Labute approximate surface area is 127 Å². The van der Waals surface area contributed by atoms with Crippen molar-refractivity contribution in [1.29, 1.82) is 5.26 Å². The molecular formula is C13H16N2O4S2. The molecule has 1 heterocycles. The van der Waals surface area contributed by atoms with Crippen LogP contribution in [0.5, 0.6) is 0 Å². The molecule has 2 N–H and O–H groups in total. The normalized spacial score (nSPS) is 18.0. The van der Waals surface area contributed by atoms with E-state index in [0.717, 1.165) is 30.6 Å². The molecule has 1 aromatic rings. The Hall–Kier alpha value is -1.43. The molecule has 1 aromatic heterocycles. The van der Waals surface area contributed by atoms with Crippen LogP contribution in [0.3, 0.4) is 0 Å². The lowest BCUT2D eigenvalue weighted by Crippen LogP contribution is -2.44. The number of carboxylic acids is 1. The van der Waals surface area contributed by atoms with E-state index in [1.165, 1.54) is 12.1 Å². The second-order valence-electron chi connectivity index (χ2n) is 5.20. The number of rotatable bonds is 5. The first-order chi connectivity index (χ1) is 9.89. The van der Waals surface area contributed by atoms with Gasteiger partial charge in [-0.2, -0.15) is 5.26 Å². The van der Waals surface area contributed by atoms with Crippen molar-refractivity contribution in [2.24, 2.45) is 5.41 Å².